The molecule has 0 fully saturated rings. The van der Waals surface area contributed by atoms with Crippen LogP contribution in [0.3, 0.4) is 0 Å². The number of fused-ring (bicyclic) bond motifs is 1. The van der Waals surface area contributed by atoms with Crippen LogP contribution in [-0.4, -0.2) is 20.4 Å². The number of para-hydroxylation sites is 1. The normalized spacial score (nSPS) is 17.3. The molecule has 21 heavy (non-hydrogen) atoms. The lowest BCUT2D eigenvalue weighted by Gasteiger charge is -2.19. The summed E-state index contributed by atoms with van der Waals surface area (Å²) in [6.45, 7) is 7.12. The van der Waals surface area contributed by atoms with E-state index in [1.807, 2.05) is 11.6 Å². The average molecular weight is 286 g/mol. The maximum absolute atomic E-state index is 6.10. The number of hydrogen-bond acceptors (Lipinski definition) is 4. The van der Waals surface area contributed by atoms with Crippen molar-refractivity contribution in [2.24, 2.45) is 7.05 Å². The molecule has 1 aromatic carbocycles. The summed E-state index contributed by atoms with van der Waals surface area (Å²) >= 11 is 0. The maximum atomic E-state index is 6.10. The van der Waals surface area contributed by atoms with Crippen molar-refractivity contribution in [2.75, 3.05) is 0 Å². The zero-order chi connectivity index (χ0) is 15.0. The number of ether oxygens (including phenoxy) is 1. The van der Waals surface area contributed by atoms with Crippen LogP contribution >= 0.6 is 0 Å². The molecular weight excluding hydrogens is 264 g/mol. The Balaban J connectivity index is 1.73. The van der Waals surface area contributed by atoms with E-state index in [0.717, 1.165) is 24.5 Å². The van der Waals surface area contributed by atoms with Crippen molar-refractivity contribution in [3.8, 4) is 5.75 Å². The van der Waals surface area contributed by atoms with Crippen molar-refractivity contribution in [1.29, 1.82) is 0 Å². The topological polar surface area (TPSA) is 52.0 Å². The van der Waals surface area contributed by atoms with Crippen molar-refractivity contribution in [3.05, 3.63) is 41.5 Å². The Morgan fingerprint density at radius 2 is 2.24 bits per heavy atom. The van der Waals surface area contributed by atoms with Crippen molar-refractivity contribution >= 4 is 0 Å². The zero-order valence-electron chi connectivity index (χ0n) is 13.1. The molecule has 1 N–H and O–H groups in total. The molecule has 0 aliphatic carbocycles. The maximum Gasteiger partial charge on any atom is 0.149 e. The van der Waals surface area contributed by atoms with Gasteiger partial charge in [-0.25, -0.2) is 0 Å². The number of aryl methyl sites for hydroxylation is 1. The second-order valence-electron chi connectivity index (χ2n) is 6.35. The molecule has 112 valence electrons. The second-order valence-corrected chi connectivity index (χ2v) is 6.35. The van der Waals surface area contributed by atoms with Crippen LogP contribution in [0.4, 0.5) is 0 Å². The third-order valence-corrected chi connectivity index (χ3v) is 3.91. The number of aromatic nitrogens is 3. The number of rotatable bonds is 4. The largest absolute Gasteiger partial charge is 0.487 e. The number of nitrogens with zero attached hydrogens (tertiary/aromatic N) is 3. The molecule has 1 aliphatic rings. The fourth-order valence-electron chi connectivity index (χ4n) is 2.86. The van der Waals surface area contributed by atoms with Crippen LogP contribution in [0, 0.1) is 0 Å². The monoisotopic (exact) mass is 286 g/mol. The molecule has 0 bridgehead atoms. The summed E-state index contributed by atoms with van der Waals surface area (Å²) in [5.41, 5.74) is 2.39. The summed E-state index contributed by atoms with van der Waals surface area (Å²) < 4.78 is 8.04. The van der Waals surface area contributed by atoms with Gasteiger partial charge in [-0.3, -0.25) is 0 Å². The molecule has 3 rings (SSSR count). The molecule has 1 atom stereocenters. The molecule has 1 aromatic heterocycles. The Morgan fingerprint density at radius 3 is 2.95 bits per heavy atom. The summed E-state index contributed by atoms with van der Waals surface area (Å²) in [5.74, 6) is 1.98. The predicted molar refractivity (Wildman–Crippen MR) is 81.1 cm³/mol. The third kappa shape index (κ3) is 2.78. The van der Waals surface area contributed by atoms with E-state index in [9.17, 15) is 0 Å². The van der Waals surface area contributed by atoms with Crippen LogP contribution in [0.25, 0.3) is 0 Å². The van der Waals surface area contributed by atoms with Crippen molar-refractivity contribution < 1.29 is 4.74 Å². The summed E-state index contributed by atoms with van der Waals surface area (Å²) in [6.07, 6.45) is 2.69. The molecule has 2 heterocycles. The quantitative estimate of drug-likeness (QED) is 0.937. The molecule has 1 aliphatic heterocycles. The lowest BCUT2D eigenvalue weighted by atomic mass is 10.0. The summed E-state index contributed by atoms with van der Waals surface area (Å²) in [4.78, 5) is 0. The van der Waals surface area contributed by atoms with Crippen molar-refractivity contribution in [1.82, 2.24) is 20.1 Å². The highest BCUT2D eigenvalue weighted by Gasteiger charge is 2.31. The fourth-order valence-corrected chi connectivity index (χ4v) is 2.86. The Labute approximate surface area is 125 Å². The first-order chi connectivity index (χ1) is 9.96. The van der Waals surface area contributed by atoms with Gasteiger partial charge in [-0.05, 0) is 26.3 Å². The van der Waals surface area contributed by atoms with Crippen LogP contribution in [-0.2, 0) is 20.0 Å². The van der Waals surface area contributed by atoms with Crippen LogP contribution < -0.4 is 10.1 Å². The number of benzene rings is 1. The molecule has 0 spiro atoms. The molecule has 0 radical (unpaired) electrons. The van der Waals surface area contributed by atoms with E-state index in [0.29, 0.717) is 0 Å². The van der Waals surface area contributed by atoms with E-state index < -0.39 is 0 Å². The minimum absolute atomic E-state index is 0.104. The Kier molecular flexibility index (Phi) is 3.45. The van der Waals surface area contributed by atoms with Gasteiger partial charge >= 0.3 is 0 Å². The molecule has 2 aromatic rings. The highest BCUT2D eigenvalue weighted by atomic mass is 16.5. The summed E-state index contributed by atoms with van der Waals surface area (Å²) in [5, 5.41) is 11.6. The zero-order valence-corrected chi connectivity index (χ0v) is 13.1. The van der Waals surface area contributed by atoms with Gasteiger partial charge in [-0.2, -0.15) is 0 Å². The minimum atomic E-state index is -0.104. The summed E-state index contributed by atoms with van der Waals surface area (Å²) in [7, 11) is 1.96. The van der Waals surface area contributed by atoms with E-state index in [1.54, 1.807) is 6.33 Å². The average Bonchev–Trinajstić information content (AvgIpc) is 2.97. The highest BCUT2D eigenvalue weighted by molar-refractivity contribution is 5.45. The van der Waals surface area contributed by atoms with E-state index >= 15 is 0 Å². The van der Waals surface area contributed by atoms with Crippen molar-refractivity contribution in [2.45, 2.75) is 45.4 Å². The van der Waals surface area contributed by atoms with Gasteiger partial charge in [0, 0.05) is 25.6 Å². The standard InChI is InChI=1S/C16H22N4O/c1-11(15-19-18-10-20(15)4)17-9-13-7-5-6-12-8-16(2,3)21-14(12)13/h5-7,10-11,17H,8-9H2,1-4H3. The van der Waals surface area contributed by atoms with E-state index in [-0.39, 0.29) is 11.6 Å². The first-order valence-electron chi connectivity index (χ1n) is 7.33. The smallest absolute Gasteiger partial charge is 0.149 e. The second kappa shape index (κ2) is 5.15. The van der Waals surface area contributed by atoms with Crippen molar-refractivity contribution in [3.63, 3.8) is 0 Å². The molecule has 5 nitrogen and oxygen atoms in total. The lowest BCUT2D eigenvalue weighted by Crippen LogP contribution is -2.25. The van der Waals surface area contributed by atoms with E-state index in [2.05, 4.69) is 54.5 Å². The molecule has 0 amide bonds. The van der Waals surface area contributed by atoms with Crippen LogP contribution in [0.5, 0.6) is 5.75 Å². The summed E-state index contributed by atoms with van der Waals surface area (Å²) in [6, 6.07) is 6.52. The minimum Gasteiger partial charge on any atom is -0.487 e. The van der Waals surface area contributed by atoms with Gasteiger partial charge in [-0.1, -0.05) is 18.2 Å². The first-order valence-corrected chi connectivity index (χ1v) is 7.33. The van der Waals surface area contributed by atoms with E-state index in [4.69, 9.17) is 4.74 Å². The van der Waals surface area contributed by atoms with Gasteiger partial charge in [-0.15, -0.1) is 10.2 Å². The Morgan fingerprint density at radius 1 is 1.43 bits per heavy atom. The third-order valence-electron chi connectivity index (χ3n) is 3.91. The Bertz CT molecular complexity index is 647. The predicted octanol–water partition coefficient (Wildman–Crippen LogP) is 2.38. The number of hydrogen-bond donors (Lipinski definition) is 1. The number of nitrogens with one attached hydrogen (secondary N) is 1. The van der Waals surface area contributed by atoms with Crippen LogP contribution in [0.1, 0.15) is 43.8 Å². The SMILES string of the molecule is CC(NCc1cccc2c1OC(C)(C)C2)c1nncn1C. The van der Waals surface area contributed by atoms with Gasteiger partial charge in [0.25, 0.3) is 0 Å². The van der Waals surface area contributed by atoms with Gasteiger partial charge < -0.3 is 14.6 Å². The molecule has 1 unspecified atom stereocenters. The van der Waals surface area contributed by atoms with Gasteiger partial charge in [0.1, 0.15) is 23.5 Å². The highest BCUT2D eigenvalue weighted by Crippen LogP contribution is 2.37. The van der Waals surface area contributed by atoms with Gasteiger partial charge in [0.2, 0.25) is 0 Å². The molecule has 5 heteroatoms. The Hall–Kier alpha value is -1.88. The van der Waals surface area contributed by atoms with Crippen LogP contribution in [0.2, 0.25) is 0 Å². The van der Waals surface area contributed by atoms with Gasteiger partial charge in [0.05, 0.1) is 6.04 Å². The molecule has 0 saturated carbocycles. The molecule has 0 saturated heterocycles. The first kappa shape index (κ1) is 14.1. The van der Waals surface area contributed by atoms with Crippen LogP contribution in [0.15, 0.2) is 24.5 Å². The fraction of sp³-hybridized carbons (Fsp3) is 0.500. The van der Waals surface area contributed by atoms with Gasteiger partial charge in [0.15, 0.2) is 0 Å². The molecular formula is C16H22N4O. The van der Waals surface area contributed by atoms with E-state index in [1.165, 1.54) is 11.1 Å². The lowest BCUT2D eigenvalue weighted by molar-refractivity contribution is 0.137.